The summed E-state index contributed by atoms with van der Waals surface area (Å²) in [5.41, 5.74) is 0.505. The predicted molar refractivity (Wildman–Crippen MR) is 77.0 cm³/mol. The fourth-order valence-corrected chi connectivity index (χ4v) is 1.69. The molecule has 1 atom stereocenters. The number of carbonyl (C=O) groups excluding carboxylic acids is 2. The number of amides is 2. The third-order valence-corrected chi connectivity index (χ3v) is 3.00. The number of rotatable bonds is 6. The second-order valence-electron chi connectivity index (χ2n) is 4.24. The number of ether oxygens (including phenoxy) is 1. The molecule has 0 aliphatic heterocycles. The number of likely N-dealkylation sites (N-methyl/N-ethyl adjacent to an activating group) is 1. The first kappa shape index (κ1) is 16.3. The molecular formula is C13H19ClN3O3+. The molecule has 0 radical (unpaired) electrons. The Morgan fingerprint density at radius 1 is 1.45 bits per heavy atom. The molecule has 0 spiro atoms. The van der Waals surface area contributed by atoms with Gasteiger partial charge in [0.05, 0.1) is 12.8 Å². The first-order valence-corrected chi connectivity index (χ1v) is 6.54. The standard InChI is InChI=1S/C13H18ClN3O3/c1-8(16-7-12(18)15-2)13(19)17-10-6-9(14)4-5-11(10)20-3/h4-6,8,16H,7H2,1-3H3,(H,15,18)(H,17,19)/p+1/t8-/m0/s1. The van der Waals surface area contributed by atoms with E-state index in [9.17, 15) is 9.59 Å². The maximum atomic E-state index is 12.0. The Kier molecular flexibility index (Phi) is 6.27. The number of hydrogen-bond acceptors (Lipinski definition) is 3. The highest BCUT2D eigenvalue weighted by atomic mass is 35.5. The molecule has 0 unspecified atom stereocenters. The zero-order valence-electron chi connectivity index (χ0n) is 11.7. The van der Waals surface area contributed by atoms with Gasteiger partial charge < -0.3 is 20.7 Å². The van der Waals surface area contributed by atoms with Gasteiger partial charge >= 0.3 is 0 Å². The van der Waals surface area contributed by atoms with Crippen molar-refractivity contribution in [1.29, 1.82) is 0 Å². The minimum atomic E-state index is -0.406. The maximum absolute atomic E-state index is 12.0. The Labute approximate surface area is 122 Å². The molecule has 0 aliphatic rings. The molecule has 0 saturated heterocycles. The van der Waals surface area contributed by atoms with Gasteiger partial charge in [0.2, 0.25) is 0 Å². The topological polar surface area (TPSA) is 84.0 Å². The van der Waals surface area contributed by atoms with Crippen LogP contribution in [0.25, 0.3) is 0 Å². The van der Waals surface area contributed by atoms with Crippen molar-refractivity contribution in [1.82, 2.24) is 5.32 Å². The first-order valence-electron chi connectivity index (χ1n) is 6.16. The summed E-state index contributed by atoms with van der Waals surface area (Å²) in [6, 6.07) is 4.56. The van der Waals surface area contributed by atoms with Crippen molar-refractivity contribution in [3.8, 4) is 5.75 Å². The van der Waals surface area contributed by atoms with E-state index in [0.29, 0.717) is 16.5 Å². The molecule has 1 rings (SSSR count). The number of nitrogens with one attached hydrogen (secondary N) is 2. The smallest absolute Gasteiger partial charge is 0.282 e. The number of halogens is 1. The average molecular weight is 301 g/mol. The lowest BCUT2D eigenvalue weighted by Crippen LogP contribution is -2.93. The van der Waals surface area contributed by atoms with Crippen LogP contribution in [0, 0.1) is 0 Å². The number of quaternary nitrogens is 1. The molecule has 6 nitrogen and oxygen atoms in total. The molecule has 0 bridgehead atoms. The summed E-state index contributed by atoms with van der Waals surface area (Å²) < 4.78 is 5.15. The third kappa shape index (κ3) is 4.71. The van der Waals surface area contributed by atoms with Gasteiger partial charge in [-0.15, -0.1) is 0 Å². The van der Waals surface area contributed by atoms with Gasteiger partial charge in [0, 0.05) is 12.1 Å². The molecular weight excluding hydrogens is 282 g/mol. The van der Waals surface area contributed by atoms with Gasteiger partial charge in [0.15, 0.2) is 12.6 Å². The van der Waals surface area contributed by atoms with Gasteiger partial charge in [-0.2, -0.15) is 0 Å². The molecule has 20 heavy (non-hydrogen) atoms. The number of benzene rings is 1. The Morgan fingerprint density at radius 2 is 2.15 bits per heavy atom. The van der Waals surface area contributed by atoms with E-state index in [1.54, 1.807) is 37.5 Å². The van der Waals surface area contributed by atoms with Crippen molar-refractivity contribution in [2.75, 3.05) is 26.0 Å². The van der Waals surface area contributed by atoms with Crippen molar-refractivity contribution in [3.63, 3.8) is 0 Å². The summed E-state index contributed by atoms with van der Waals surface area (Å²) >= 11 is 5.89. The van der Waals surface area contributed by atoms with Gasteiger partial charge in [-0.05, 0) is 25.1 Å². The minimum Gasteiger partial charge on any atom is -0.495 e. The molecule has 7 heteroatoms. The van der Waals surface area contributed by atoms with E-state index in [2.05, 4.69) is 10.6 Å². The Balaban J connectivity index is 2.65. The van der Waals surface area contributed by atoms with Crippen LogP contribution >= 0.6 is 11.6 Å². The molecule has 1 aromatic rings. The van der Waals surface area contributed by atoms with Gasteiger partial charge in [0.25, 0.3) is 11.8 Å². The largest absolute Gasteiger partial charge is 0.495 e. The molecule has 0 saturated carbocycles. The van der Waals surface area contributed by atoms with E-state index in [0.717, 1.165) is 0 Å². The highest BCUT2D eigenvalue weighted by Gasteiger charge is 2.18. The summed E-state index contributed by atoms with van der Waals surface area (Å²) in [6.45, 7) is 1.91. The van der Waals surface area contributed by atoms with Crippen LogP contribution in [-0.4, -0.2) is 38.6 Å². The van der Waals surface area contributed by atoms with Crippen LogP contribution in [0.2, 0.25) is 5.02 Å². The van der Waals surface area contributed by atoms with Crippen molar-refractivity contribution >= 4 is 29.1 Å². The van der Waals surface area contributed by atoms with Crippen molar-refractivity contribution in [2.45, 2.75) is 13.0 Å². The summed E-state index contributed by atoms with van der Waals surface area (Å²) in [6.07, 6.45) is 0. The average Bonchev–Trinajstić information content (AvgIpc) is 2.44. The summed E-state index contributed by atoms with van der Waals surface area (Å²) in [5.74, 6) is 0.167. The normalized spacial score (nSPS) is 11.6. The SMILES string of the molecule is CNC(=O)C[NH2+][C@@H](C)C(=O)Nc1cc(Cl)ccc1OC. The first-order chi connectivity index (χ1) is 9.47. The van der Waals surface area contributed by atoms with E-state index in [-0.39, 0.29) is 18.4 Å². The summed E-state index contributed by atoms with van der Waals surface area (Å²) in [5, 5.41) is 7.37. The third-order valence-electron chi connectivity index (χ3n) is 2.77. The van der Waals surface area contributed by atoms with Crippen LogP contribution in [-0.2, 0) is 9.59 Å². The van der Waals surface area contributed by atoms with E-state index < -0.39 is 6.04 Å². The van der Waals surface area contributed by atoms with Crippen LogP contribution in [0.4, 0.5) is 5.69 Å². The van der Waals surface area contributed by atoms with Crippen LogP contribution in [0.5, 0.6) is 5.75 Å². The second kappa shape index (κ2) is 7.72. The van der Waals surface area contributed by atoms with E-state index >= 15 is 0 Å². The molecule has 0 aromatic heterocycles. The number of nitrogens with two attached hydrogens (primary N) is 1. The van der Waals surface area contributed by atoms with Gasteiger partial charge in [-0.1, -0.05) is 11.6 Å². The number of hydrogen-bond donors (Lipinski definition) is 3. The van der Waals surface area contributed by atoms with E-state index in [4.69, 9.17) is 16.3 Å². The molecule has 4 N–H and O–H groups in total. The number of methoxy groups -OCH3 is 1. The van der Waals surface area contributed by atoms with Crippen LogP contribution in [0.1, 0.15) is 6.92 Å². The van der Waals surface area contributed by atoms with E-state index in [1.807, 2.05) is 0 Å². The molecule has 0 aliphatic carbocycles. The molecule has 0 fully saturated rings. The lowest BCUT2D eigenvalue weighted by atomic mass is 10.2. The van der Waals surface area contributed by atoms with Crippen molar-refractivity contribution in [2.24, 2.45) is 0 Å². The Bertz CT molecular complexity index is 494. The monoisotopic (exact) mass is 300 g/mol. The zero-order valence-corrected chi connectivity index (χ0v) is 12.5. The predicted octanol–water partition coefficient (Wildman–Crippen LogP) is -0.0150. The van der Waals surface area contributed by atoms with Crippen LogP contribution in [0.3, 0.4) is 0 Å². The molecule has 1 aromatic carbocycles. The minimum absolute atomic E-state index is 0.134. The van der Waals surface area contributed by atoms with Crippen LogP contribution < -0.4 is 20.7 Å². The fourth-order valence-electron chi connectivity index (χ4n) is 1.52. The maximum Gasteiger partial charge on any atom is 0.282 e. The lowest BCUT2D eigenvalue weighted by molar-refractivity contribution is -0.662. The van der Waals surface area contributed by atoms with Crippen molar-refractivity contribution < 1.29 is 19.6 Å². The summed E-state index contributed by atoms with van der Waals surface area (Å²) in [4.78, 5) is 23.2. The van der Waals surface area contributed by atoms with E-state index in [1.165, 1.54) is 7.11 Å². The molecule has 110 valence electrons. The highest BCUT2D eigenvalue weighted by Crippen LogP contribution is 2.27. The molecule has 0 heterocycles. The van der Waals surface area contributed by atoms with Gasteiger partial charge in [-0.25, -0.2) is 0 Å². The zero-order chi connectivity index (χ0) is 15.1. The summed E-state index contributed by atoms with van der Waals surface area (Å²) in [7, 11) is 3.07. The quantitative estimate of drug-likeness (QED) is 0.691. The lowest BCUT2D eigenvalue weighted by Gasteiger charge is -2.13. The number of anilines is 1. The number of carbonyl (C=O) groups is 2. The molecule has 2 amide bonds. The second-order valence-corrected chi connectivity index (χ2v) is 4.67. The van der Waals surface area contributed by atoms with Crippen LogP contribution in [0.15, 0.2) is 18.2 Å². The fraction of sp³-hybridized carbons (Fsp3) is 0.385. The van der Waals surface area contributed by atoms with Gasteiger partial charge in [-0.3, -0.25) is 9.59 Å². The Morgan fingerprint density at radius 3 is 2.75 bits per heavy atom. The van der Waals surface area contributed by atoms with Gasteiger partial charge in [0.1, 0.15) is 5.75 Å². The van der Waals surface area contributed by atoms with Crippen molar-refractivity contribution in [3.05, 3.63) is 23.2 Å². The highest BCUT2D eigenvalue weighted by molar-refractivity contribution is 6.31. The Hall–Kier alpha value is -1.79.